The Balaban J connectivity index is 0.00000544. The first kappa shape index (κ1) is 31.3. The average molecular weight is 499 g/mol. The summed E-state index contributed by atoms with van der Waals surface area (Å²) < 4.78 is 35.8. The second kappa shape index (κ2) is 17.6. The van der Waals surface area contributed by atoms with Crippen molar-refractivity contribution in [3.63, 3.8) is 0 Å². The first-order valence-electron chi connectivity index (χ1n) is 13.0. The van der Waals surface area contributed by atoms with Gasteiger partial charge in [-0.15, -0.1) is 0 Å². The molecule has 0 heterocycles. The molecule has 5 heteroatoms. The van der Waals surface area contributed by atoms with Crippen LogP contribution in [0.1, 0.15) is 115 Å². The molecule has 2 aromatic rings. The van der Waals surface area contributed by atoms with E-state index in [2.05, 4.69) is 26.0 Å². The molecule has 0 N–H and O–H groups in total. The molecule has 0 aliphatic carbocycles. The summed E-state index contributed by atoms with van der Waals surface area (Å²) in [6, 6.07) is 9.61. The third kappa shape index (κ3) is 12.2. The van der Waals surface area contributed by atoms with Gasteiger partial charge in [-0.2, -0.15) is 0 Å². The van der Waals surface area contributed by atoms with Crippen LogP contribution in [0.3, 0.4) is 0 Å². The number of hydrogen-bond donors (Lipinski definition) is 0. The van der Waals surface area contributed by atoms with Gasteiger partial charge in [-0.1, -0.05) is 115 Å². The summed E-state index contributed by atoms with van der Waals surface area (Å²) in [5, 5.41) is 1.45. The first-order valence-corrected chi connectivity index (χ1v) is 14.4. The SMILES string of the molecule is CCCCCCCCCc1ccc2c(S(=O)(=O)[O-])cc(CCCCCCCCC)cc2c1.[K+]. The van der Waals surface area contributed by atoms with Gasteiger partial charge in [-0.05, 0) is 53.6 Å². The second-order valence-electron chi connectivity index (χ2n) is 9.35. The fraction of sp³-hybridized carbons (Fsp3) is 0.643. The molecular weight excluding hydrogens is 455 g/mol. The minimum atomic E-state index is -4.49. The van der Waals surface area contributed by atoms with Crippen molar-refractivity contribution in [1.29, 1.82) is 0 Å². The van der Waals surface area contributed by atoms with Gasteiger partial charge in [0.15, 0.2) is 0 Å². The number of hydrogen-bond acceptors (Lipinski definition) is 3. The molecule has 0 aromatic heterocycles. The van der Waals surface area contributed by atoms with Crippen LogP contribution >= 0.6 is 0 Å². The summed E-state index contributed by atoms with van der Waals surface area (Å²) >= 11 is 0. The Kier molecular flexibility index (Phi) is 16.7. The van der Waals surface area contributed by atoms with E-state index in [1.54, 1.807) is 6.07 Å². The van der Waals surface area contributed by atoms with Crippen LogP contribution in [-0.4, -0.2) is 13.0 Å². The minimum absolute atomic E-state index is 0. The van der Waals surface area contributed by atoms with Crippen molar-refractivity contribution < 1.29 is 64.4 Å². The monoisotopic (exact) mass is 498 g/mol. The van der Waals surface area contributed by atoms with Crippen LogP contribution in [0.2, 0.25) is 0 Å². The predicted octanol–water partition coefficient (Wildman–Crippen LogP) is 5.33. The Morgan fingerprint density at radius 2 is 1.09 bits per heavy atom. The van der Waals surface area contributed by atoms with Crippen molar-refractivity contribution in [2.24, 2.45) is 0 Å². The zero-order valence-corrected chi connectivity index (χ0v) is 25.3. The van der Waals surface area contributed by atoms with Crippen LogP contribution in [-0.2, 0) is 23.0 Å². The Bertz CT molecular complexity index is 903. The van der Waals surface area contributed by atoms with E-state index in [1.165, 1.54) is 76.2 Å². The molecule has 0 saturated carbocycles. The molecule has 33 heavy (non-hydrogen) atoms. The normalized spacial score (nSPS) is 11.6. The van der Waals surface area contributed by atoms with E-state index in [9.17, 15) is 13.0 Å². The van der Waals surface area contributed by atoms with Crippen molar-refractivity contribution in [3.05, 3.63) is 41.5 Å². The summed E-state index contributed by atoms with van der Waals surface area (Å²) in [6.45, 7) is 4.46. The van der Waals surface area contributed by atoms with Crippen molar-refractivity contribution in [2.75, 3.05) is 0 Å². The predicted molar refractivity (Wildman–Crippen MR) is 135 cm³/mol. The van der Waals surface area contributed by atoms with Crippen LogP contribution in [0.15, 0.2) is 35.2 Å². The molecule has 0 fully saturated rings. The fourth-order valence-electron chi connectivity index (χ4n) is 4.52. The third-order valence-corrected chi connectivity index (χ3v) is 7.32. The van der Waals surface area contributed by atoms with E-state index >= 15 is 0 Å². The summed E-state index contributed by atoms with van der Waals surface area (Å²) in [4.78, 5) is -0.0598. The Morgan fingerprint density at radius 1 is 0.636 bits per heavy atom. The number of fused-ring (bicyclic) bond motifs is 1. The van der Waals surface area contributed by atoms with Crippen LogP contribution in [0.5, 0.6) is 0 Å². The minimum Gasteiger partial charge on any atom is -0.744 e. The van der Waals surface area contributed by atoms with Gasteiger partial charge in [0.2, 0.25) is 0 Å². The molecule has 0 atom stereocenters. The van der Waals surface area contributed by atoms with Crippen LogP contribution in [0, 0.1) is 0 Å². The smallest absolute Gasteiger partial charge is 0.744 e. The Labute approximate surface area is 245 Å². The molecule has 180 valence electrons. The molecular formula is C28H43KO3S. The van der Waals surface area contributed by atoms with E-state index in [0.29, 0.717) is 5.39 Å². The van der Waals surface area contributed by atoms with Gasteiger partial charge >= 0.3 is 51.4 Å². The van der Waals surface area contributed by atoms with Gasteiger partial charge in [0.05, 0.1) is 4.90 Å². The summed E-state index contributed by atoms with van der Waals surface area (Å²) in [5.41, 5.74) is 2.20. The Hall–Kier alpha value is 0.246. The third-order valence-electron chi connectivity index (χ3n) is 6.45. The van der Waals surface area contributed by atoms with Crippen molar-refractivity contribution in [2.45, 2.75) is 121 Å². The van der Waals surface area contributed by atoms with E-state index < -0.39 is 10.1 Å². The quantitative estimate of drug-likeness (QED) is 0.168. The van der Waals surface area contributed by atoms with E-state index in [1.807, 2.05) is 12.1 Å². The molecule has 0 radical (unpaired) electrons. The van der Waals surface area contributed by atoms with Gasteiger partial charge in [0, 0.05) is 0 Å². The van der Waals surface area contributed by atoms with Crippen molar-refractivity contribution in [1.82, 2.24) is 0 Å². The summed E-state index contributed by atoms with van der Waals surface area (Å²) in [5.74, 6) is 0. The second-order valence-corrected chi connectivity index (χ2v) is 10.7. The first-order chi connectivity index (χ1) is 15.5. The molecule has 0 unspecified atom stereocenters. The van der Waals surface area contributed by atoms with Crippen LogP contribution in [0.4, 0.5) is 0 Å². The summed E-state index contributed by atoms with van der Waals surface area (Å²) in [6.07, 6.45) is 19.3. The maximum Gasteiger partial charge on any atom is 1.00 e. The molecule has 0 aliphatic rings. The van der Waals surface area contributed by atoms with Crippen molar-refractivity contribution >= 4 is 20.9 Å². The van der Waals surface area contributed by atoms with Gasteiger partial charge in [0.25, 0.3) is 0 Å². The topological polar surface area (TPSA) is 57.2 Å². The summed E-state index contributed by atoms with van der Waals surface area (Å²) in [7, 11) is -4.49. The van der Waals surface area contributed by atoms with Crippen molar-refractivity contribution in [3.8, 4) is 0 Å². The van der Waals surface area contributed by atoms with E-state index in [-0.39, 0.29) is 56.3 Å². The number of unbranched alkanes of at least 4 members (excludes halogenated alkanes) is 12. The Morgan fingerprint density at radius 3 is 1.61 bits per heavy atom. The molecule has 3 nitrogen and oxygen atoms in total. The maximum absolute atomic E-state index is 11.9. The van der Waals surface area contributed by atoms with Gasteiger partial charge in [0.1, 0.15) is 10.1 Å². The number of aryl methyl sites for hydroxylation is 2. The molecule has 2 rings (SSSR count). The average Bonchev–Trinajstić information content (AvgIpc) is 2.76. The molecule has 0 amide bonds. The zero-order chi connectivity index (χ0) is 23.2. The maximum atomic E-state index is 11.9. The molecule has 0 saturated heterocycles. The van der Waals surface area contributed by atoms with E-state index in [0.717, 1.165) is 43.1 Å². The molecule has 0 aliphatic heterocycles. The fourth-order valence-corrected chi connectivity index (χ4v) is 5.27. The van der Waals surface area contributed by atoms with Gasteiger partial charge in [-0.25, -0.2) is 8.42 Å². The van der Waals surface area contributed by atoms with Gasteiger partial charge < -0.3 is 4.55 Å². The number of benzene rings is 2. The van der Waals surface area contributed by atoms with E-state index in [4.69, 9.17) is 0 Å². The molecule has 0 spiro atoms. The number of rotatable bonds is 17. The standard InChI is InChI=1S/C28H44O3S.K/c1-3-5-7-9-11-13-15-17-24-19-20-27-26(21-24)22-25(23-28(27)32(29,30)31)18-16-14-12-10-8-6-4-2;/h19-23H,3-18H2,1-2H3,(H,29,30,31);/q;+1/p-1. The largest absolute Gasteiger partial charge is 1.00 e. The van der Waals surface area contributed by atoms with Gasteiger partial charge in [-0.3, -0.25) is 0 Å². The van der Waals surface area contributed by atoms with Crippen LogP contribution in [0.25, 0.3) is 10.8 Å². The molecule has 0 bridgehead atoms. The zero-order valence-electron chi connectivity index (χ0n) is 21.3. The van der Waals surface area contributed by atoms with Crippen LogP contribution < -0.4 is 51.4 Å². The molecule has 2 aromatic carbocycles.